The van der Waals surface area contributed by atoms with Crippen LogP contribution in [0.25, 0.3) is 0 Å². The van der Waals surface area contributed by atoms with Crippen LogP contribution in [-0.4, -0.2) is 18.1 Å². The molecule has 0 saturated carbocycles. The second-order valence-corrected chi connectivity index (χ2v) is 2.45. The Morgan fingerprint density at radius 2 is 2.42 bits per heavy atom. The summed E-state index contributed by atoms with van der Waals surface area (Å²) >= 11 is 0. The molecule has 0 saturated heterocycles. The normalized spacial score (nSPS) is 16.0. The van der Waals surface area contributed by atoms with Crippen LogP contribution in [0.5, 0.6) is 5.75 Å². The van der Waals surface area contributed by atoms with Crippen LogP contribution in [0.2, 0.25) is 0 Å². The van der Waals surface area contributed by atoms with Gasteiger partial charge in [0.25, 0.3) is 0 Å². The van der Waals surface area contributed by atoms with Crippen molar-refractivity contribution in [3.63, 3.8) is 0 Å². The van der Waals surface area contributed by atoms with Crippen LogP contribution in [0.1, 0.15) is 0 Å². The van der Waals surface area contributed by atoms with Crippen molar-refractivity contribution >= 4 is 12.0 Å². The second kappa shape index (κ2) is 1.88. The van der Waals surface area contributed by atoms with Crippen molar-refractivity contribution in [1.29, 1.82) is 0 Å². The summed E-state index contributed by atoms with van der Waals surface area (Å²) in [6.45, 7) is 0.342. The van der Waals surface area contributed by atoms with E-state index < -0.39 is 0 Å². The van der Waals surface area contributed by atoms with E-state index in [1.54, 1.807) is 6.20 Å². The Morgan fingerprint density at radius 3 is 3.42 bits per heavy atom. The van der Waals surface area contributed by atoms with Crippen LogP contribution < -0.4 is 15.6 Å². The largest absolute Gasteiger partial charge is 0.465 e. The number of aromatic nitrogens is 1. The van der Waals surface area contributed by atoms with Gasteiger partial charge in [-0.2, -0.15) is 0 Å². The number of hydrogen-bond donors (Lipinski definition) is 0. The number of rotatable bonds is 0. The summed E-state index contributed by atoms with van der Waals surface area (Å²) in [5, 5.41) is 0.755. The predicted octanol–water partition coefficient (Wildman–Crippen LogP) is -0.656. The highest BCUT2D eigenvalue weighted by molar-refractivity contribution is 5.69. The van der Waals surface area contributed by atoms with E-state index in [0.29, 0.717) is 18.0 Å². The van der Waals surface area contributed by atoms with Gasteiger partial charge in [0.2, 0.25) is 0 Å². The Hall–Kier alpha value is -1.78. The fourth-order valence-corrected chi connectivity index (χ4v) is 1.24. The van der Waals surface area contributed by atoms with Crippen LogP contribution in [0, 0.1) is 0 Å². The average molecular weight is 160 g/mol. The van der Waals surface area contributed by atoms with Crippen LogP contribution in [0.3, 0.4) is 0 Å². The standard InChI is InChI=1S/C7H4N4O/c1-4-5(10-2-9-4)6-7(8-1)11-3-12-6/h1-2H,3H2. The molecule has 1 aromatic heterocycles. The van der Waals surface area contributed by atoms with E-state index in [4.69, 9.17) is 4.74 Å². The zero-order chi connectivity index (χ0) is 7.97. The van der Waals surface area contributed by atoms with Crippen LogP contribution in [0.4, 0.5) is 5.69 Å². The van der Waals surface area contributed by atoms with Gasteiger partial charge >= 0.3 is 0 Å². The van der Waals surface area contributed by atoms with Gasteiger partial charge in [-0.1, -0.05) is 0 Å². The molecule has 5 heteroatoms. The van der Waals surface area contributed by atoms with Gasteiger partial charge in [0, 0.05) is 0 Å². The highest BCUT2D eigenvalue weighted by Crippen LogP contribution is 2.21. The first-order chi connectivity index (χ1) is 5.95. The number of ether oxygens (including phenoxy) is 1. The molecule has 3 rings (SSSR count). The molecule has 2 aliphatic heterocycles. The molecule has 0 aliphatic carbocycles. The third kappa shape index (κ3) is 0.578. The Morgan fingerprint density at radius 1 is 1.42 bits per heavy atom. The van der Waals surface area contributed by atoms with Crippen LogP contribution >= 0.6 is 0 Å². The highest BCUT2D eigenvalue weighted by atomic mass is 16.5. The van der Waals surface area contributed by atoms with Crippen molar-refractivity contribution in [3.8, 4) is 5.75 Å². The van der Waals surface area contributed by atoms with Crippen molar-refractivity contribution in [2.45, 2.75) is 0 Å². The van der Waals surface area contributed by atoms with E-state index in [1.807, 2.05) is 0 Å². The first-order valence-corrected chi connectivity index (χ1v) is 3.52. The van der Waals surface area contributed by atoms with E-state index in [-0.39, 0.29) is 0 Å². The van der Waals surface area contributed by atoms with Gasteiger partial charge in [0.15, 0.2) is 18.0 Å². The Balaban J connectivity index is 2.50. The van der Waals surface area contributed by atoms with Crippen molar-refractivity contribution in [2.75, 3.05) is 6.73 Å². The van der Waals surface area contributed by atoms with Crippen molar-refractivity contribution in [1.82, 2.24) is 4.98 Å². The van der Waals surface area contributed by atoms with Gasteiger partial charge < -0.3 is 4.74 Å². The van der Waals surface area contributed by atoms with E-state index >= 15 is 0 Å². The zero-order valence-electron chi connectivity index (χ0n) is 6.06. The molecule has 0 radical (unpaired) electrons. The number of nitrogens with zero attached hydrogens (tertiary/aromatic N) is 4. The SMILES string of the molecule is C1=Nc2c3c(ncc2=N1)=NCO3. The minimum atomic E-state index is 0.342. The highest BCUT2D eigenvalue weighted by Gasteiger charge is 2.15. The van der Waals surface area contributed by atoms with E-state index in [0.717, 1.165) is 11.0 Å². The minimum Gasteiger partial charge on any atom is -0.465 e. The third-order valence-electron chi connectivity index (χ3n) is 1.78. The topological polar surface area (TPSA) is 59.2 Å². The maximum atomic E-state index is 5.24. The monoisotopic (exact) mass is 160 g/mol. The Kier molecular flexibility index (Phi) is 0.910. The predicted molar refractivity (Wildman–Crippen MR) is 40.2 cm³/mol. The summed E-state index contributed by atoms with van der Waals surface area (Å²) in [6, 6.07) is 0. The Labute approximate surface area is 67.2 Å². The first kappa shape index (κ1) is 5.82. The summed E-state index contributed by atoms with van der Waals surface area (Å²) in [5.74, 6) is 0.657. The molecule has 5 nitrogen and oxygen atoms in total. The molecule has 0 atom stereocenters. The van der Waals surface area contributed by atoms with Gasteiger partial charge in [-0.15, -0.1) is 0 Å². The van der Waals surface area contributed by atoms with E-state index in [1.165, 1.54) is 6.34 Å². The maximum absolute atomic E-state index is 5.24. The number of fused-ring (bicyclic) bond motifs is 3. The molecule has 1 aromatic rings. The molecule has 0 amide bonds. The number of pyridine rings is 1. The summed E-state index contributed by atoms with van der Waals surface area (Å²) in [4.78, 5) is 16.1. The lowest BCUT2D eigenvalue weighted by Crippen LogP contribution is -2.12. The first-order valence-electron chi connectivity index (χ1n) is 3.52. The Bertz CT molecular complexity index is 491. The molecule has 3 heterocycles. The molecule has 12 heavy (non-hydrogen) atoms. The molecule has 0 bridgehead atoms. The lowest BCUT2D eigenvalue weighted by Gasteiger charge is -1.95. The maximum Gasteiger partial charge on any atom is 0.196 e. The van der Waals surface area contributed by atoms with E-state index in [2.05, 4.69) is 20.0 Å². The fourth-order valence-electron chi connectivity index (χ4n) is 1.24. The van der Waals surface area contributed by atoms with Crippen LogP contribution in [0.15, 0.2) is 21.2 Å². The zero-order valence-corrected chi connectivity index (χ0v) is 6.06. The quantitative estimate of drug-likeness (QED) is 0.506. The fraction of sp³-hybridized carbons (Fsp3) is 0.143. The minimum absolute atomic E-state index is 0.342. The summed E-state index contributed by atoms with van der Waals surface area (Å²) < 4.78 is 5.24. The molecule has 0 spiro atoms. The second-order valence-electron chi connectivity index (χ2n) is 2.45. The molecular formula is C7H4N4O. The molecule has 0 fully saturated rings. The van der Waals surface area contributed by atoms with Gasteiger partial charge in [-0.3, -0.25) is 0 Å². The number of hydrogen-bond acceptors (Lipinski definition) is 5. The average Bonchev–Trinajstić information content (AvgIpc) is 2.71. The number of aliphatic imine (C=N–C) groups is 1. The lowest BCUT2D eigenvalue weighted by molar-refractivity contribution is 0.353. The van der Waals surface area contributed by atoms with Crippen molar-refractivity contribution in [2.24, 2.45) is 15.0 Å². The molecule has 2 aliphatic rings. The molecule has 0 N–H and O–H groups in total. The van der Waals surface area contributed by atoms with Gasteiger partial charge in [0.1, 0.15) is 17.4 Å². The van der Waals surface area contributed by atoms with Crippen LogP contribution in [-0.2, 0) is 0 Å². The van der Waals surface area contributed by atoms with Gasteiger partial charge in [0.05, 0.1) is 6.20 Å². The molecular weight excluding hydrogens is 156 g/mol. The molecule has 0 unspecified atom stereocenters. The summed E-state index contributed by atoms with van der Waals surface area (Å²) in [5.41, 5.74) is 1.38. The van der Waals surface area contributed by atoms with Gasteiger partial charge in [-0.05, 0) is 0 Å². The molecule has 58 valence electrons. The van der Waals surface area contributed by atoms with E-state index in [9.17, 15) is 0 Å². The smallest absolute Gasteiger partial charge is 0.196 e. The van der Waals surface area contributed by atoms with Gasteiger partial charge in [-0.25, -0.2) is 20.0 Å². The third-order valence-corrected chi connectivity index (χ3v) is 1.78. The van der Waals surface area contributed by atoms with Crippen molar-refractivity contribution in [3.05, 3.63) is 17.0 Å². The lowest BCUT2D eigenvalue weighted by atomic mass is 10.3. The van der Waals surface area contributed by atoms with Crippen molar-refractivity contribution < 1.29 is 4.74 Å². The molecule has 0 aromatic carbocycles. The summed E-state index contributed by atoms with van der Waals surface area (Å²) in [6.07, 6.45) is 3.15. The summed E-state index contributed by atoms with van der Waals surface area (Å²) in [7, 11) is 0.